The number of carbonyl (C=O) groups is 4. The third-order valence-electron chi connectivity index (χ3n) is 4.31. The molecule has 0 spiro atoms. The number of unbranched alkanes of at least 4 members (excludes halogenated alkanes) is 2. The Hall–Kier alpha value is -1.78. The van der Waals surface area contributed by atoms with Crippen molar-refractivity contribution in [1.82, 2.24) is 0 Å². The molecule has 1 saturated heterocycles. The maximum absolute atomic E-state index is 11.8. The Morgan fingerprint density at radius 2 is 1.80 bits per heavy atom. The maximum Gasteiger partial charge on any atom is 0.306 e. The van der Waals surface area contributed by atoms with Crippen molar-refractivity contribution in [2.45, 2.75) is 90.1 Å². The Balaban J connectivity index is 2.06. The summed E-state index contributed by atoms with van der Waals surface area (Å²) in [5.74, 6) is -0.0557. The van der Waals surface area contributed by atoms with Gasteiger partial charge in [-0.05, 0) is 31.8 Å². The van der Waals surface area contributed by atoms with Crippen LogP contribution in [0.4, 0.5) is 0 Å². The van der Waals surface area contributed by atoms with Crippen molar-refractivity contribution < 1.29 is 23.9 Å². The molecule has 0 radical (unpaired) electrons. The van der Waals surface area contributed by atoms with Crippen molar-refractivity contribution in [3.8, 4) is 0 Å². The summed E-state index contributed by atoms with van der Waals surface area (Å²) >= 11 is 0. The van der Waals surface area contributed by atoms with Crippen molar-refractivity contribution >= 4 is 23.3 Å². The van der Waals surface area contributed by atoms with Gasteiger partial charge in [0.15, 0.2) is 5.78 Å². The molecule has 0 saturated carbocycles. The third-order valence-corrected chi connectivity index (χ3v) is 4.31. The molecule has 0 amide bonds. The van der Waals surface area contributed by atoms with E-state index in [9.17, 15) is 19.2 Å². The van der Waals surface area contributed by atoms with Crippen LogP contribution in [0.2, 0.25) is 0 Å². The quantitative estimate of drug-likeness (QED) is 0.270. The van der Waals surface area contributed by atoms with Gasteiger partial charge in [-0.15, -0.1) is 0 Å². The molecular weight excluding hydrogens is 320 g/mol. The number of rotatable bonds is 14. The fraction of sp³-hybridized carbons (Fsp3) is 0.700. The summed E-state index contributed by atoms with van der Waals surface area (Å²) in [6, 6.07) is 0. The predicted octanol–water partition coefficient (Wildman–Crippen LogP) is 3.88. The first kappa shape index (κ1) is 21.3. The molecule has 1 heterocycles. The third kappa shape index (κ3) is 10.6. The molecule has 0 aromatic rings. The van der Waals surface area contributed by atoms with Gasteiger partial charge in [-0.3, -0.25) is 19.2 Å². The minimum atomic E-state index is -0.155. The zero-order chi connectivity index (χ0) is 18.5. The average Bonchev–Trinajstić information content (AvgIpc) is 2.98. The number of ether oxygens (including phenoxy) is 1. The summed E-state index contributed by atoms with van der Waals surface area (Å²) in [4.78, 5) is 46.0. The van der Waals surface area contributed by atoms with Gasteiger partial charge >= 0.3 is 5.97 Å². The molecule has 0 aromatic carbocycles. The van der Waals surface area contributed by atoms with Crippen LogP contribution in [-0.4, -0.2) is 29.4 Å². The summed E-state index contributed by atoms with van der Waals surface area (Å²) in [6.07, 6.45) is 10.4. The van der Waals surface area contributed by atoms with Crippen molar-refractivity contribution in [1.29, 1.82) is 0 Å². The molecule has 1 unspecified atom stereocenters. The average molecular weight is 350 g/mol. The Morgan fingerprint density at radius 1 is 1.04 bits per heavy atom. The molecule has 1 atom stereocenters. The van der Waals surface area contributed by atoms with Crippen LogP contribution in [0.1, 0.15) is 84.0 Å². The maximum atomic E-state index is 11.8. The molecule has 0 aliphatic carbocycles. The van der Waals surface area contributed by atoms with Gasteiger partial charge in [-0.1, -0.05) is 25.8 Å². The van der Waals surface area contributed by atoms with E-state index in [1.807, 2.05) is 0 Å². The van der Waals surface area contributed by atoms with Crippen LogP contribution in [0, 0.1) is 0 Å². The Bertz CT molecular complexity index is 492. The molecule has 0 bridgehead atoms. The van der Waals surface area contributed by atoms with Crippen LogP contribution >= 0.6 is 0 Å². The SMILES string of the molecule is CCCCCC(=O)C/C=C/C(=O)CCC(=O)CCCC1CCC(=O)O1. The summed E-state index contributed by atoms with van der Waals surface area (Å²) < 4.78 is 5.09. The lowest BCUT2D eigenvalue weighted by atomic mass is 10.0. The number of Topliss-reactive ketones (excluding diaryl/α,β-unsaturated/α-hetero) is 2. The van der Waals surface area contributed by atoms with Crippen LogP contribution in [0.25, 0.3) is 0 Å². The summed E-state index contributed by atoms with van der Waals surface area (Å²) in [7, 11) is 0. The van der Waals surface area contributed by atoms with Gasteiger partial charge in [-0.2, -0.15) is 0 Å². The van der Waals surface area contributed by atoms with E-state index in [2.05, 4.69) is 6.92 Å². The van der Waals surface area contributed by atoms with Crippen molar-refractivity contribution in [3.05, 3.63) is 12.2 Å². The van der Waals surface area contributed by atoms with Gasteiger partial charge in [-0.25, -0.2) is 0 Å². The first-order valence-corrected chi connectivity index (χ1v) is 9.43. The molecule has 1 aliphatic rings. The highest BCUT2D eigenvalue weighted by Gasteiger charge is 2.22. The monoisotopic (exact) mass is 350 g/mol. The van der Waals surface area contributed by atoms with Crippen LogP contribution in [0.5, 0.6) is 0 Å². The molecule has 0 N–H and O–H groups in total. The van der Waals surface area contributed by atoms with Gasteiger partial charge in [0.1, 0.15) is 17.7 Å². The van der Waals surface area contributed by atoms with Gasteiger partial charge in [0.2, 0.25) is 0 Å². The van der Waals surface area contributed by atoms with Crippen molar-refractivity contribution in [2.75, 3.05) is 0 Å². The van der Waals surface area contributed by atoms with Crippen LogP contribution in [0.3, 0.4) is 0 Å². The molecule has 140 valence electrons. The minimum absolute atomic E-state index is 0.0419. The fourth-order valence-corrected chi connectivity index (χ4v) is 2.78. The predicted molar refractivity (Wildman–Crippen MR) is 95.1 cm³/mol. The number of allylic oxidation sites excluding steroid dienone is 2. The highest BCUT2D eigenvalue weighted by Crippen LogP contribution is 2.19. The second kappa shape index (κ2) is 12.6. The lowest BCUT2D eigenvalue weighted by Gasteiger charge is -2.07. The summed E-state index contributed by atoms with van der Waals surface area (Å²) in [5.41, 5.74) is 0. The van der Waals surface area contributed by atoms with E-state index in [-0.39, 0.29) is 42.3 Å². The molecule has 5 heteroatoms. The van der Waals surface area contributed by atoms with Crippen LogP contribution in [0.15, 0.2) is 12.2 Å². The zero-order valence-corrected chi connectivity index (χ0v) is 15.3. The van der Waals surface area contributed by atoms with Gasteiger partial charge in [0.25, 0.3) is 0 Å². The number of ketones is 3. The standard InChI is InChI=1S/C20H30O5/c1-2-3-4-7-16(21)8-5-9-17(22)12-13-18(23)10-6-11-19-14-15-20(24)25-19/h5,9,19H,2-4,6-8,10-15H2,1H3/b9-5+. The highest BCUT2D eigenvalue weighted by atomic mass is 16.5. The van der Waals surface area contributed by atoms with Gasteiger partial charge in [0.05, 0.1) is 0 Å². The van der Waals surface area contributed by atoms with Crippen LogP contribution < -0.4 is 0 Å². The topological polar surface area (TPSA) is 77.5 Å². The summed E-state index contributed by atoms with van der Waals surface area (Å²) in [6.45, 7) is 2.09. The second-order valence-corrected chi connectivity index (χ2v) is 6.65. The number of carbonyl (C=O) groups excluding carboxylic acids is 4. The molecule has 1 rings (SSSR count). The number of hydrogen-bond acceptors (Lipinski definition) is 5. The number of esters is 1. The zero-order valence-electron chi connectivity index (χ0n) is 15.3. The largest absolute Gasteiger partial charge is 0.462 e. The smallest absolute Gasteiger partial charge is 0.306 e. The molecule has 5 nitrogen and oxygen atoms in total. The molecule has 0 aromatic heterocycles. The van der Waals surface area contributed by atoms with E-state index in [0.717, 1.165) is 25.7 Å². The Labute approximate surface area is 150 Å². The van der Waals surface area contributed by atoms with Gasteiger partial charge < -0.3 is 4.74 Å². The number of hydrogen-bond donors (Lipinski definition) is 0. The Kier molecular flexibility index (Phi) is 10.7. The first-order chi connectivity index (χ1) is 12.0. The molecule has 1 fully saturated rings. The van der Waals surface area contributed by atoms with E-state index in [1.165, 1.54) is 6.08 Å². The Morgan fingerprint density at radius 3 is 2.48 bits per heavy atom. The second-order valence-electron chi connectivity index (χ2n) is 6.65. The van der Waals surface area contributed by atoms with E-state index in [4.69, 9.17) is 4.74 Å². The van der Waals surface area contributed by atoms with E-state index in [0.29, 0.717) is 38.5 Å². The number of cyclic esters (lactones) is 1. The van der Waals surface area contributed by atoms with E-state index >= 15 is 0 Å². The van der Waals surface area contributed by atoms with E-state index in [1.54, 1.807) is 6.08 Å². The lowest BCUT2D eigenvalue weighted by molar-refractivity contribution is -0.141. The minimum Gasteiger partial charge on any atom is -0.462 e. The fourth-order valence-electron chi connectivity index (χ4n) is 2.78. The lowest BCUT2D eigenvalue weighted by Crippen LogP contribution is -2.08. The molecule has 1 aliphatic heterocycles. The highest BCUT2D eigenvalue weighted by molar-refractivity contribution is 5.93. The van der Waals surface area contributed by atoms with E-state index < -0.39 is 0 Å². The molecule has 25 heavy (non-hydrogen) atoms. The van der Waals surface area contributed by atoms with Crippen LogP contribution in [-0.2, 0) is 23.9 Å². The normalized spacial score (nSPS) is 17.0. The summed E-state index contributed by atoms with van der Waals surface area (Å²) in [5, 5.41) is 0. The van der Waals surface area contributed by atoms with Gasteiger partial charge in [0, 0.05) is 38.5 Å². The molecular formula is C20H30O5. The van der Waals surface area contributed by atoms with Crippen molar-refractivity contribution in [3.63, 3.8) is 0 Å². The first-order valence-electron chi connectivity index (χ1n) is 9.43. The van der Waals surface area contributed by atoms with Crippen molar-refractivity contribution in [2.24, 2.45) is 0 Å².